The summed E-state index contributed by atoms with van der Waals surface area (Å²) in [5, 5.41) is 5.01. The molecule has 2 aromatic heterocycles. The van der Waals surface area contributed by atoms with Crippen molar-refractivity contribution in [2.24, 2.45) is 5.92 Å². The summed E-state index contributed by atoms with van der Waals surface area (Å²) in [6.45, 7) is 1.32. The molecule has 1 aromatic carbocycles. The predicted octanol–water partition coefficient (Wildman–Crippen LogP) is 2.95. The number of carbonyl (C=O) groups excluding carboxylic acids is 1. The van der Waals surface area contributed by atoms with Crippen LogP contribution in [0.1, 0.15) is 25.7 Å². The number of thiophene rings is 1. The summed E-state index contributed by atoms with van der Waals surface area (Å²) in [5.41, 5.74) is 1.31. The number of fused-ring (bicyclic) bond motifs is 1. The molecule has 156 valence electrons. The zero-order chi connectivity index (χ0) is 20.7. The summed E-state index contributed by atoms with van der Waals surface area (Å²) < 4.78 is 7.65. The molecule has 30 heavy (non-hydrogen) atoms. The Morgan fingerprint density at radius 3 is 2.93 bits per heavy atom. The van der Waals surface area contributed by atoms with Gasteiger partial charge in [0.05, 0.1) is 24.2 Å². The van der Waals surface area contributed by atoms with E-state index in [1.807, 2.05) is 35.7 Å². The van der Waals surface area contributed by atoms with Crippen molar-refractivity contribution in [2.75, 3.05) is 25.1 Å². The quantitative estimate of drug-likeness (QED) is 0.682. The van der Waals surface area contributed by atoms with Crippen LogP contribution in [0.5, 0.6) is 5.75 Å². The molecule has 1 saturated heterocycles. The van der Waals surface area contributed by atoms with Gasteiger partial charge in [-0.05, 0) is 49.3 Å². The monoisotopic (exact) mass is 424 g/mol. The summed E-state index contributed by atoms with van der Waals surface area (Å²) >= 11 is 1.40. The lowest BCUT2D eigenvalue weighted by molar-refractivity contribution is -0.125. The van der Waals surface area contributed by atoms with E-state index in [2.05, 4.69) is 10.2 Å². The second kappa shape index (κ2) is 7.75. The van der Waals surface area contributed by atoms with E-state index in [4.69, 9.17) is 9.72 Å². The van der Waals surface area contributed by atoms with Crippen molar-refractivity contribution in [1.29, 1.82) is 0 Å². The van der Waals surface area contributed by atoms with Crippen molar-refractivity contribution in [1.82, 2.24) is 14.9 Å². The van der Waals surface area contributed by atoms with E-state index < -0.39 is 0 Å². The maximum Gasteiger partial charge on any atom is 0.277 e. The molecule has 0 unspecified atom stereocenters. The van der Waals surface area contributed by atoms with Gasteiger partial charge in [-0.25, -0.2) is 9.55 Å². The first-order valence-electron chi connectivity index (χ1n) is 10.3. The van der Waals surface area contributed by atoms with E-state index in [1.54, 1.807) is 11.7 Å². The van der Waals surface area contributed by atoms with Gasteiger partial charge in [-0.2, -0.15) is 0 Å². The standard InChI is InChI=1S/C22H24N4O3S/c1-29-17-6-2-5-16(12-17)26-21(28)19-18(9-11-30-19)24-22(26)25-10-3-4-14(13-25)20(27)23-15-7-8-15/h2,5-6,9,11-12,14-15H,3-4,7-8,10,13H2,1H3,(H,23,27)/t14-/m0/s1. The van der Waals surface area contributed by atoms with Gasteiger partial charge in [-0.1, -0.05) is 6.07 Å². The van der Waals surface area contributed by atoms with Crippen LogP contribution in [-0.4, -0.2) is 41.7 Å². The maximum absolute atomic E-state index is 13.4. The van der Waals surface area contributed by atoms with E-state index >= 15 is 0 Å². The molecule has 2 aliphatic rings. The van der Waals surface area contributed by atoms with Crippen LogP contribution in [0.2, 0.25) is 0 Å². The van der Waals surface area contributed by atoms with Gasteiger partial charge in [0, 0.05) is 25.2 Å². The highest BCUT2D eigenvalue weighted by Crippen LogP contribution is 2.28. The molecule has 3 heterocycles. The molecule has 0 bridgehead atoms. The van der Waals surface area contributed by atoms with Crippen molar-refractivity contribution < 1.29 is 9.53 Å². The van der Waals surface area contributed by atoms with Crippen LogP contribution in [0.25, 0.3) is 15.9 Å². The van der Waals surface area contributed by atoms with Crippen molar-refractivity contribution in [2.45, 2.75) is 31.7 Å². The molecule has 1 atom stereocenters. The van der Waals surface area contributed by atoms with Gasteiger partial charge in [0.25, 0.3) is 5.56 Å². The minimum atomic E-state index is -0.0946. The summed E-state index contributed by atoms with van der Waals surface area (Å²) in [6.07, 6.45) is 3.90. The van der Waals surface area contributed by atoms with Gasteiger partial charge in [0.1, 0.15) is 10.4 Å². The van der Waals surface area contributed by atoms with E-state index in [1.165, 1.54) is 11.3 Å². The summed E-state index contributed by atoms with van der Waals surface area (Å²) in [4.78, 5) is 33.0. The number of hydrogen-bond acceptors (Lipinski definition) is 6. The predicted molar refractivity (Wildman–Crippen MR) is 118 cm³/mol. The van der Waals surface area contributed by atoms with Crippen LogP contribution >= 0.6 is 11.3 Å². The van der Waals surface area contributed by atoms with E-state index in [0.717, 1.165) is 32.2 Å². The Hall–Kier alpha value is -2.87. The normalized spacial score (nSPS) is 19.1. The number of ether oxygens (including phenoxy) is 1. The van der Waals surface area contributed by atoms with E-state index in [-0.39, 0.29) is 17.4 Å². The molecule has 1 N–H and O–H groups in total. The minimum absolute atomic E-state index is 0.0896. The zero-order valence-electron chi connectivity index (χ0n) is 16.8. The third kappa shape index (κ3) is 3.56. The molecule has 1 aliphatic heterocycles. The Morgan fingerprint density at radius 1 is 1.27 bits per heavy atom. The molecule has 3 aromatic rings. The lowest BCUT2D eigenvalue weighted by atomic mass is 9.97. The molecule has 2 fully saturated rings. The number of carbonyl (C=O) groups is 1. The average molecular weight is 425 g/mol. The molecule has 0 radical (unpaired) electrons. The van der Waals surface area contributed by atoms with Crippen LogP contribution in [0.3, 0.4) is 0 Å². The molecule has 8 heteroatoms. The van der Waals surface area contributed by atoms with Crippen LogP contribution in [0, 0.1) is 5.92 Å². The van der Waals surface area contributed by atoms with Crippen molar-refractivity contribution >= 4 is 33.4 Å². The zero-order valence-corrected chi connectivity index (χ0v) is 17.7. The first-order valence-corrected chi connectivity index (χ1v) is 11.2. The lowest BCUT2D eigenvalue weighted by Gasteiger charge is -2.34. The number of piperidine rings is 1. The topological polar surface area (TPSA) is 76.5 Å². The molecule has 1 saturated carbocycles. The van der Waals surface area contributed by atoms with Crippen LogP contribution in [0.4, 0.5) is 5.95 Å². The first kappa shape index (κ1) is 19.1. The minimum Gasteiger partial charge on any atom is -0.497 e. The molecule has 5 rings (SSSR count). The Morgan fingerprint density at radius 2 is 2.13 bits per heavy atom. The number of nitrogens with one attached hydrogen (secondary N) is 1. The fourth-order valence-corrected chi connectivity index (χ4v) is 4.77. The van der Waals surface area contributed by atoms with Crippen molar-refractivity contribution in [3.05, 3.63) is 46.1 Å². The Bertz CT molecular complexity index is 1150. The largest absolute Gasteiger partial charge is 0.497 e. The smallest absolute Gasteiger partial charge is 0.277 e. The second-order valence-corrected chi connectivity index (χ2v) is 8.87. The van der Waals surface area contributed by atoms with Crippen LogP contribution in [0.15, 0.2) is 40.5 Å². The number of anilines is 1. The third-order valence-electron chi connectivity index (χ3n) is 5.77. The van der Waals surface area contributed by atoms with E-state index in [9.17, 15) is 9.59 Å². The Balaban J connectivity index is 1.57. The van der Waals surface area contributed by atoms with Gasteiger partial charge in [-0.3, -0.25) is 9.59 Å². The molecule has 1 amide bonds. The molecular formula is C22H24N4O3S. The maximum atomic E-state index is 13.4. The van der Waals surface area contributed by atoms with Crippen LogP contribution < -0.4 is 20.5 Å². The third-order valence-corrected chi connectivity index (χ3v) is 6.66. The SMILES string of the molecule is COc1cccc(-n2c(N3CCC[C@H](C(=O)NC4CC4)C3)nc3ccsc3c2=O)c1. The van der Waals surface area contributed by atoms with Gasteiger partial charge >= 0.3 is 0 Å². The molecular weight excluding hydrogens is 400 g/mol. The van der Waals surface area contributed by atoms with Gasteiger partial charge < -0.3 is 15.0 Å². The highest BCUT2D eigenvalue weighted by molar-refractivity contribution is 7.17. The van der Waals surface area contributed by atoms with Crippen LogP contribution in [-0.2, 0) is 4.79 Å². The highest BCUT2D eigenvalue weighted by atomic mass is 32.1. The first-order chi connectivity index (χ1) is 14.6. The molecule has 7 nitrogen and oxygen atoms in total. The highest BCUT2D eigenvalue weighted by Gasteiger charge is 2.32. The Kier molecular flexibility index (Phi) is 4.94. The average Bonchev–Trinajstić information content (AvgIpc) is 3.46. The molecule has 1 aliphatic carbocycles. The fraction of sp³-hybridized carbons (Fsp3) is 0.409. The number of nitrogens with zero attached hydrogens (tertiary/aromatic N) is 3. The summed E-state index contributed by atoms with van der Waals surface area (Å²) in [7, 11) is 1.61. The number of benzene rings is 1. The summed E-state index contributed by atoms with van der Waals surface area (Å²) in [6, 6.07) is 9.67. The number of aromatic nitrogens is 2. The Labute approximate surface area is 178 Å². The van der Waals surface area contributed by atoms with Crippen molar-refractivity contribution in [3.63, 3.8) is 0 Å². The fourth-order valence-electron chi connectivity index (χ4n) is 4.01. The van der Waals surface area contributed by atoms with Gasteiger partial charge in [0.15, 0.2) is 0 Å². The van der Waals surface area contributed by atoms with Crippen molar-refractivity contribution in [3.8, 4) is 11.4 Å². The summed E-state index contributed by atoms with van der Waals surface area (Å²) in [5.74, 6) is 1.29. The number of methoxy groups -OCH3 is 1. The second-order valence-electron chi connectivity index (χ2n) is 7.96. The number of rotatable bonds is 5. The van der Waals surface area contributed by atoms with Gasteiger partial charge in [0.2, 0.25) is 11.9 Å². The number of hydrogen-bond donors (Lipinski definition) is 1. The van der Waals surface area contributed by atoms with E-state index in [0.29, 0.717) is 40.2 Å². The molecule has 0 spiro atoms. The van der Waals surface area contributed by atoms with Gasteiger partial charge in [-0.15, -0.1) is 11.3 Å². The number of amides is 1. The lowest BCUT2D eigenvalue weighted by Crippen LogP contribution is -2.45.